The Labute approximate surface area is 212 Å². The Morgan fingerprint density at radius 1 is 0.595 bits per heavy atom. The molecule has 0 aliphatic carbocycles. The first-order valence-corrected chi connectivity index (χ1v) is 11.2. The van der Waals surface area contributed by atoms with Crippen molar-refractivity contribution in [2.24, 2.45) is 0 Å². The molecule has 0 unspecified atom stereocenters. The van der Waals surface area contributed by atoms with E-state index in [1.54, 1.807) is 21.3 Å². The van der Waals surface area contributed by atoms with E-state index in [0.29, 0.717) is 17.2 Å². The van der Waals surface area contributed by atoms with E-state index in [1.165, 1.54) is 0 Å². The molecule has 1 aromatic heterocycles. The minimum Gasteiger partial charge on any atom is -0.493 e. The molecule has 0 amide bonds. The predicted molar refractivity (Wildman–Crippen MR) is 139 cm³/mol. The van der Waals surface area contributed by atoms with E-state index in [-0.39, 0.29) is 0 Å². The van der Waals surface area contributed by atoms with Crippen LogP contribution < -0.4 is 14.2 Å². The second-order valence-corrected chi connectivity index (χ2v) is 7.64. The van der Waals surface area contributed by atoms with Gasteiger partial charge < -0.3 is 31.5 Å². The van der Waals surface area contributed by atoms with Crippen molar-refractivity contribution >= 4 is 19.4 Å². The van der Waals surface area contributed by atoms with Crippen molar-refractivity contribution in [2.75, 3.05) is 21.3 Å². The molecule has 9 heteroatoms. The van der Waals surface area contributed by atoms with Crippen LogP contribution in [-0.4, -0.2) is 28.6 Å². The van der Waals surface area contributed by atoms with Gasteiger partial charge in [0.15, 0.2) is 11.5 Å². The van der Waals surface area contributed by atoms with Gasteiger partial charge in [0.25, 0.3) is 0 Å². The van der Waals surface area contributed by atoms with Gasteiger partial charge in [0.2, 0.25) is 5.75 Å². The smallest absolute Gasteiger partial charge is 0.493 e. The van der Waals surface area contributed by atoms with Crippen molar-refractivity contribution in [3.63, 3.8) is 0 Å². The highest BCUT2D eigenvalue weighted by atomic mass is 19.5. The summed E-state index contributed by atoms with van der Waals surface area (Å²) in [5, 5.41) is 0. The molecule has 4 aromatic rings. The van der Waals surface area contributed by atoms with Crippen molar-refractivity contribution in [2.45, 2.75) is 0 Å². The van der Waals surface area contributed by atoms with Gasteiger partial charge in [-0.15, -0.1) is 0 Å². The number of benzene rings is 3. The maximum Gasteiger partial charge on any atom is 0.673 e. The lowest BCUT2D eigenvalue weighted by Crippen LogP contribution is -2.02. The van der Waals surface area contributed by atoms with E-state index >= 15 is 0 Å². The molecule has 4 nitrogen and oxygen atoms in total. The third-order valence-electron chi connectivity index (χ3n) is 5.09. The van der Waals surface area contributed by atoms with Crippen molar-refractivity contribution in [3.8, 4) is 39.9 Å². The molecule has 0 saturated carbocycles. The highest BCUT2D eigenvalue weighted by Crippen LogP contribution is 2.39. The first-order chi connectivity index (χ1) is 17.7. The summed E-state index contributed by atoms with van der Waals surface area (Å²) >= 11 is 0. The van der Waals surface area contributed by atoms with Gasteiger partial charge in [-0.2, -0.15) is 0 Å². The Kier molecular flexibility index (Phi) is 9.32. The van der Waals surface area contributed by atoms with Crippen LogP contribution in [-0.2, 0) is 0 Å². The zero-order chi connectivity index (χ0) is 26.8. The Morgan fingerprint density at radius 2 is 0.973 bits per heavy atom. The van der Waals surface area contributed by atoms with Crippen LogP contribution in [0, 0.1) is 0 Å². The van der Waals surface area contributed by atoms with E-state index in [1.807, 2.05) is 91.0 Å². The van der Waals surface area contributed by atoms with Crippen molar-refractivity contribution in [1.82, 2.24) is 0 Å². The topological polar surface area (TPSA) is 39.0 Å². The van der Waals surface area contributed by atoms with Gasteiger partial charge in [0.05, 0.1) is 44.6 Å². The maximum absolute atomic E-state index is 9.75. The number of rotatable bonds is 7. The lowest BCUT2D eigenvalue weighted by atomic mass is 10.1. The van der Waals surface area contributed by atoms with Crippen molar-refractivity contribution in [1.29, 1.82) is 0 Å². The largest absolute Gasteiger partial charge is 0.673 e. The van der Waals surface area contributed by atoms with Crippen LogP contribution in [0.1, 0.15) is 11.1 Å². The van der Waals surface area contributed by atoms with Gasteiger partial charge in [-0.3, -0.25) is 0 Å². The summed E-state index contributed by atoms with van der Waals surface area (Å²) < 4.78 is 61.6. The zero-order valence-corrected chi connectivity index (χ0v) is 20.5. The van der Waals surface area contributed by atoms with E-state index in [9.17, 15) is 17.3 Å². The van der Waals surface area contributed by atoms with Gasteiger partial charge in [-0.1, -0.05) is 48.6 Å². The van der Waals surface area contributed by atoms with E-state index < -0.39 is 7.25 Å². The summed E-state index contributed by atoms with van der Waals surface area (Å²) in [5.74, 6) is 3.41. The SMILES string of the molecule is COc1cc(C=Cc2cc(-c3ccccc3)[o+]c(-c3ccccc3)c2)cc(OC)c1OC.F[B-](F)(F)F. The number of ether oxygens (including phenoxy) is 3. The number of hydrogen-bond donors (Lipinski definition) is 0. The van der Waals surface area contributed by atoms with Crippen LogP contribution in [0.15, 0.2) is 89.3 Å². The molecule has 0 atom stereocenters. The molecular formula is C28H25BF4O4. The maximum atomic E-state index is 9.75. The Bertz CT molecular complexity index is 1240. The molecule has 0 N–H and O–H groups in total. The third-order valence-corrected chi connectivity index (χ3v) is 5.09. The average molecular weight is 512 g/mol. The normalized spacial score (nSPS) is 11.0. The van der Waals surface area contributed by atoms with Gasteiger partial charge in [-0.25, -0.2) is 4.42 Å². The van der Waals surface area contributed by atoms with Crippen LogP contribution >= 0.6 is 0 Å². The molecule has 0 aliphatic heterocycles. The second-order valence-electron chi connectivity index (χ2n) is 7.64. The molecule has 0 spiro atoms. The van der Waals surface area contributed by atoms with Crippen LogP contribution in [0.25, 0.3) is 34.8 Å². The van der Waals surface area contributed by atoms with Gasteiger partial charge in [-0.05, 0) is 47.5 Å². The van der Waals surface area contributed by atoms with E-state index in [2.05, 4.69) is 6.08 Å². The molecule has 0 fully saturated rings. The van der Waals surface area contributed by atoms with Crippen LogP contribution in [0.2, 0.25) is 0 Å². The predicted octanol–water partition coefficient (Wildman–Crippen LogP) is 8.39. The van der Waals surface area contributed by atoms with Crippen LogP contribution in [0.4, 0.5) is 17.3 Å². The lowest BCUT2D eigenvalue weighted by Gasteiger charge is -2.12. The molecule has 0 aliphatic rings. The number of halogens is 4. The molecule has 37 heavy (non-hydrogen) atoms. The average Bonchev–Trinajstić information content (AvgIpc) is 2.91. The Morgan fingerprint density at radius 3 is 1.32 bits per heavy atom. The molecule has 0 saturated heterocycles. The Balaban J connectivity index is 0.000000695. The third kappa shape index (κ3) is 8.13. The summed E-state index contributed by atoms with van der Waals surface area (Å²) in [7, 11) is -1.18. The summed E-state index contributed by atoms with van der Waals surface area (Å²) in [6.07, 6.45) is 4.07. The van der Waals surface area contributed by atoms with Crippen LogP contribution in [0.5, 0.6) is 17.2 Å². The summed E-state index contributed by atoms with van der Waals surface area (Å²) in [6, 6.07) is 28.1. The fraction of sp³-hybridized carbons (Fsp3) is 0.107. The van der Waals surface area contributed by atoms with Gasteiger partial charge >= 0.3 is 18.8 Å². The van der Waals surface area contributed by atoms with Gasteiger partial charge in [0.1, 0.15) is 0 Å². The quantitative estimate of drug-likeness (QED) is 0.142. The molecule has 4 rings (SSSR count). The van der Waals surface area contributed by atoms with Crippen molar-refractivity contribution < 1.29 is 35.9 Å². The molecular weight excluding hydrogens is 487 g/mol. The molecule has 0 radical (unpaired) electrons. The Hall–Kier alpha value is -4.27. The minimum absolute atomic E-state index is 0.573. The first-order valence-electron chi connectivity index (χ1n) is 11.2. The first kappa shape index (κ1) is 27.3. The zero-order valence-electron chi connectivity index (χ0n) is 20.5. The summed E-state index contributed by atoms with van der Waals surface area (Å²) in [5.41, 5.74) is 3.99. The monoisotopic (exact) mass is 512 g/mol. The van der Waals surface area contributed by atoms with Gasteiger partial charge in [0, 0.05) is 0 Å². The second kappa shape index (κ2) is 12.6. The number of methoxy groups -OCH3 is 3. The standard InChI is InChI=1S/C28H25O4.BF4/c1-29-26-18-21(19-27(30-2)28(26)31-3)15-14-20-16-24(22-10-6-4-7-11-22)32-25(17-20)23-12-8-5-9-13-23;2-1(3,4)5/h4-19H,1-3H3;/q+1;-1. The lowest BCUT2D eigenvalue weighted by molar-refractivity contribution is 0.324. The molecule has 192 valence electrons. The highest BCUT2D eigenvalue weighted by molar-refractivity contribution is 6.50. The fourth-order valence-corrected chi connectivity index (χ4v) is 3.50. The summed E-state index contributed by atoms with van der Waals surface area (Å²) in [6.45, 7) is 0. The van der Waals surface area contributed by atoms with E-state index in [4.69, 9.17) is 18.6 Å². The number of hydrogen-bond acceptors (Lipinski definition) is 3. The highest BCUT2D eigenvalue weighted by Gasteiger charge is 2.21. The minimum atomic E-state index is -6.00. The fourth-order valence-electron chi connectivity index (χ4n) is 3.50. The molecule has 3 aromatic carbocycles. The van der Waals surface area contributed by atoms with Crippen LogP contribution in [0.3, 0.4) is 0 Å². The molecule has 0 bridgehead atoms. The van der Waals surface area contributed by atoms with E-state index in [0.717, 1.165) is 33.8 Å². The summed E-state index contributed by atoms with van der Waals surface area (Å²) in [4.78, 5) is 0. The molecule has 1 heterocycles. The van der Waals surface area contributed by atoms with Crippen molar-refractivity contribution in [3.05, 3.63) is 96.1 Å².